The van der Waals surface area contributed by atoms with Crippen LogP contribution in [0.1, 0.15) is 43.5 Å². The number of carboxylic acids is 1. The van der Waals surface area contributed by atoms with E-state index < -0.39 is 5.97 Å². The average Bonchev–Trinajstić information content (AvgIpc) is 2.41. The van der Waals surface area contributed by atoms with E-state index in [1.807, 2.05) is 6.92 Å². The van der Waals surface area contributed by atoms with E-state index in [1.165, 1.54) is 0 Å². The molecule has 0 spiro atoms. The molecule has 0 aromatic heterocycles. The number of aliphatic carboxylic acids is 1. The number of halogens is 1. The zero-order chi connectivity index (χ0) is 16.0. The minimum Gasteiger partial charge on any atom is -0.481 e. The summed E-state index contributed by atoms with van der Waals surface area (Å²) in [6.45, 7) is 3.60. The highest BCUT2D eigenvalue weighted by Crippen LogP contribution is 2.20. The molecule has 1 rings (SSSR count). The second-order valence-corrected chi connectivity index (χ2v) is 6.14. The lowest BCUT2D eigenvalue weighted by Gasteiger charge is -2.15. The lowest BCUT2D eigenvalue weighted by atomic mass is 10.0. The minimum absolute atomic E-state index is 0.0108. The number of hydrogen-bond donors (Lipinski definition) is 3. The van der Waals surface area contributed by atoms with E-state index in [2.05, 4.69) is 21.2 Å². The normalized spacial score (nSPS) is 13.5. The van der Waals surface area contributed by atoms with Crippen LogP contribution in [0.3, 0.4) is 0 Å². The highest BCUT2D eigenvalue weighted by atomic mass is 79.9. The third-order valence-corrected chi connectivity index (χ3v) is 4.05. The summed E-state index contributed by atoms with van der Waals surface area (Å²) in [5.74, 6) is -1.30. The number of rotatable bonds is 7. The number of benzene rings is 1. The minimum atomic E-state index is -0.781. The summed E-state index contributed by atoms with van der Waals surface area (Å²) in [7, 11) is 0. The number of nitrogens with one attached hydrogen (secondary N) is 1. The van der Waals surface area contributed by atoms with Crippen LogP contribution in [-0.4, -0.2) is 23.0 Å². The monoisotopic (exact) mass is 356 g/mol. The Bertz CT molecular complexity index is 520. The molecule has 0 saturated carbocycles. The third kappa shape index (κ3) is 5.75. The summed E-state index contributed by atoms with van der Waals surface area (Å²) < 4.78 is 0.759. The SMILES string of the molecule is CC(CCCC(C)C(=O)O)NC(=O)c1ccc(Br)c(N)c1. The van der Waals surface area contributed by atoms with Crippen molar-refractivity contribution in [3.8, 4) is 0 Å². The Hall–Kier alpha value is -1.56. The van der Waals surface area contributed by atoms with Crippen LogP contribution in [0.15, 0.2) is 22.7 Å². The van der Waals surface area contributed by atoms with Gasteiger partial charge in [0.2, 0.25) is 0 Å². The first-order valence-electron chi connectivity index (χ1n) is 6.90. The predicted octanol–water partition coefficient (Wildman–Crippen LogP) is 3.04. The topological polar surface area (TPSA) is 92.4 Å². The van der Waals surface area contributed by atoms with Gasteiger partial charge in [0.05, 0.1) is 5.92 Å². The molecule has 116 valence electrons. The van der Waals surface area contributed by atoms with Crippen molar-refractivity contribution in [2.75, 3.05) is 5.73 Å². The Kier molecular flexibility index (Phi) is 6.68. The quantitative estimate of drug-likeness (QED) is 0.654. The van der Waals surface area contributed by atoms with Crippen molar-refractivity contribution in [2.24, 2.45) is 5.92 Å². The Labute approximate surface area is 133 Å². The van der Waals surface area contributed by atoms with Gasteiger partial charge in [0.25, 0.3) is 5.91 Å². The molecule has 21 heavy (non-hydrogen) atoms. The van der Waals surface area contributed by atoms with E-state index in [1.54, 1.807) is 25.1 Å². The smallest absolute Gasteiger partial charge is 0.306 e. The second kappa shape index (κ2) is 8.02. The fraction of sp³-hybridized carbons (Fsp3) is 0.467. The molecule has 4 N–H and O–H groups in total. The van der Waals surface area contributed by atoms with Gasteiger partial charge in [0.1, 0.15) is 0 Å². The first kappa shape index (κ1) is 17.5. The van der Waals surface area contributed by atoms with Crippen molar-refractivity contribution in [3.63, 3.8) is 0 Å². The lowest BCUT2D eigenvalue weighted by Crippen LogP contribution is -2.32. The van der Waals surface area contributed by atoms with Gasteiger partial charge in [-0.25, -0.2) is 0 Å². The number of nitrogen functional groups attached to an aromatic ring is 1. The van der Waals surface area contributed by atoms with Gasteiger partial charge in [-0.1, -0.05) is 13.3 Å². The van der Waals surface area contributed by atoms with Crippen molar-refractivity contribution in [1.82, 2.24) is 5.32 Å². The largest absolute Gasteiger partial charge is 0.481 e. The van der Waals surface area contributed by atoms with E-state index in [0.29, 0.717) is 17.7 Å². The molecule has 0 aliphatic heterocycles. The summed E-state index contributed by atoms with van der Waals surface area (Å²) in [6.07, 6.45) is 2.12. The summed E-state index contributed by atoms with van der Waals surface area (Å²) >= 11 is 3.28. The standard InChI is InChI=1S/C15H21BrN2O3/c1-9(15(20)21)4-3-5-10(2)18-14(19)11-6-7-12(16)13(17)8-11/h6-10H,3-5,17H2,1-2H3,(H,18,19)(H,20,21). The molecule has 0 heterocycles. The molecule has 0 aliphatic rings. The van der Waals surface area contributed by atoms with Gasteiger partial charge in [-0.15, -0.1) is 0 Å². The molecule has 0 fully saturated rings. The zero-order valence-corrected chi connectivity index (χ0v) is 13.8. The van der Waals surface area contributed by atoms with Gasteiger partial charge in [-0.3, -0.25) is 9.59 Å². The molecule has 1 amide bonds. The molecule has 2 unspecified atom stereocenters. The summed E-state index contributed by atoms with van der Waals surface area (Å²) in [6, 6.07) is 5.06. The Morgan fingerprint density at radius 2 is 2.00 bits per heavy atom. The fourth-order valence-corrected chi connectivity index (χ4v) is 2.16. The average molecular weight is 357 g/mol. The number of carboxylic acid groups (broad SMARTS) is 1. The lowest BCUT2D eigenvalue weighted by molar-refractivity contribution is -0.141. The Balaban J connectivity index is 2.43. The van der Waals surface area contributed by atoms with Crippen LogP contribution < -0.4 is 11.1 Å². The second-order valence-electron chi connectivity index (χ2n) is 5.28. The van der Waals surface area contributed by atoms with Crippen LogP contribution in [0.4, 0.5) is 5.69 Å². The maximum Gasteiger partial charge on any atom is 0.306 e. The van der Waals surface area contributed by atoms with Gasteiger partial charge >= 0.3 is 5.97 Å². The Morgan fingerprint density at radius 1 is 1.33 bits per heavy atom. The number of nitrogens with two attached hydrogens (primary N) is 1. The van der Waals surface area contributed by atoms with Crippen LogP contribution in [0.2, 0.25) is 0 Å². The molecular weight excluding hydrogens is 336 g/mol. The van der Waals surface area contributed by atoms with Crippen LogP contribution in [-0.2, 0) is 4.79 Å². The Morgan fingerprint density at radius 3 is 2.57 bits per heavy atom. The van der Waals surface area contributed by atoms with Crippen molar-refractivity contribution in [2.45, 2.75) is 39.2 Å². The van der Waals surface area contributed by atoms with Gasteiger partial charge < -0.3 is 16.2 Å². The van der Waals surface area contributed by atoms with E-state index in [9.17, 15) is 9.59 Å². The molecule has 2 atom stereocenters. The zero-order valence-electron chi connectivity index (χ0n) is 12.2. The molecule has 1 aromatic carbocycles. The number of hydrogen-bond acceptors (Lipinski definition) is 3. The highest BCUT2D eigenvalue weighted by Gasteiger charge is 2.13. The maximum atomic E-state index is 12.0. The van der Waals surface area contributed by atoms with E-state index in [0.717, 1.165) is 17.3 Å². The van der Waals surface area contributed by atoms with Crippen LogP contribution in [0, 0.1) is 5.92 Å². The maximum absolute atomic E-state index is 12.0. The molecular formula is C15H21BrN2O3. The first-order chi connectivity index (χ1) is 9.81. The number of carbonyl (C=O) groups is 2. The molecule has 0 saturated heterocycles. The van der Waals surface area contributed by atoms with Crippen LogP contribution in [0.25, 0.3) is 0 Å². The van der Waals surface area contributed by atoms with Crippen molar-refractivity contribution in [1.29, 1.82) is 0 Å². The highest BCUT2D eigenvalue weighted by molar-refractivity contribution is 9.10. The van der Waals surface area contributed by atoms with Crippen molar-refractivity contribution >= 4 is 33.5 Å². The summed E-state index contributed by atoms with van der Waals surface area (Å²) in [5.41, 5.74) is 6.78. The van der Waals surface area contributed by atoms with Gasteiger partial charge in [0.15, 0.2) is 0 Å². The first-order valence-corrected chi connectivity index (χ1v) is 7.69. The molecule has 1 aromatic rings. The van der Waals surface area contributed by atoms with E-state index >= 15 is 0 Å². The van der Waals surface area contributed by atoms with Crippen LogP contribution >= 0.6 is 15.9 Å². The molecule has 0 radical (unpaired) electrons. The number of carbonyl (C=O) groups excluding carboxylic acids is 1. The molecule has 0 aliphatic carbocycles. The van der Waals surface area contributed by atoms with Crippen molar-refractivity contribution in [3.05, 3.63) is 28.2 Å². The molecule has 0 bridgehead atoms. The predicted molar refractivity (Wildman–Crippen MR) is 86.1 cm³/mol. The summed E-state index contributed by atoms with van der Waals surface area (Å²) in [5, 5.41) is 11.7. The van der Waals surface area contributed by atoms with Gasteiger partial charge in [0, 0.05) is 21.8 Å². The van der Waals surface area contributed by atoms with Crippen molar-refractivity contribution < 1.29 is 14.7 Å². The number of anilines is 1. The fourth-order valence-electron chi connectivity index (χ4n) is 1.92. The van der Waals surface area contributed by atoms with Crippen LogP contribution in [0.5, 0.6) is 0 Å². The number of amides is 1. The van der Waals surface area contributed by atoms with Gasteiger partial charge in [-0.05, 0) is 53.9 Å². The third-order valence-electron chi connectivity index (χ3n) is 3.33. The van der Waals surface area contributed by atoms with Gasteiger partial charge in [-0.2, -0.15) is 0 Å². The molecule has 5 nitrogen and oxygen atoms in total. The van der Waals surface area contributed by atoms with E-state index in [4.69, 9.17) is 10.8 Å². The van der Waals surface area contributed by atoms with E-state index in [-0.39, 0.29) is 17.9 Å². The summed E-state index contributed by atoms with van der Waals surface area (Å²) in [4.78, 5) is 22.8. The molecule has 6 heteroatoms.